The first-order chi connectivity index (χ1) is 9.26. The van der Waals surface area contributed by atoms with E-state index in [0.29, 0.717) is 17.1 Å². The maximum atomic E-state index is 12.0. The van der Waals surface area contributed by atoms with Gasteiger partial charge in [-0.05, 0) is 31.0 Å². The lowest BCUT2D eigenvalue weighted by Gasteiger charge is -2.07. The molecule has 2 aliphatic rings. The van der Waals surface area contributed by atoms with Crippen molar-refractivity contribution in [2.24, 2.45) is 4.99 Å². The van der Waals surface area contributed by atoms with Crippen LogP contribution in [0.1, 0.15) is 23.2 Å². The van der Waals surface area contributed by atoms with Crippen molar-refractivity contribution in [3.05, 3.63) is 23.8 Å². The summed E-state index contributed by atoms with van der Waals surface area (Å²) in [6.07, 6.45) is 2.10. The number of methoxy groups -OCH3 is 1. The van der Waals surface area contributed by atoms with E-state index in [1.165, 1.54) is 7.11 Å². The fourth-order valence-electron chi connectivity index (χ4n) is 1.71. The Bertz CT molecular complexity index is 537. The molecule has 0 atom stereocenters. The third-order valence-corrected chi connectivity index (χ3v) is 2.90. The van der Waals surface area contributed by atoms with Gasteiger partial charge in [0.15, 0.2) is 11.5 Å². The van der Waals surface area contributed by atoms with Crippen molar-refractivity contribution in [1.82, 2.24) is 5.32 Å². The molecule has 1 aromatic carbocycles. The van der Waals surface area contributed by atoms with Crippen LogP contribution < -0.4 is 14.8 Å². The number of carbonyl (C=O) groups is 1. The number of nitrogens with zero attached hydrogens (tertiary/aromatic N) is 1. The number of aliphatic imine (C=N–C) groups is 1. The summed E-state index contributed by atoms with van der Waals surface area (Å²) in [5.41, 5.74) is 0.477. The van der Waals surface area contributed by atoms with E-state index in [4.69, 9.17) is 14.2 Å². The minimum atomic E-state index is -0.278. The molecular formula is C13H14N2O4. The molecule has 3 rings (SSSR count). The average molecular weight is 262 g/mol. The predicted octanol–water partition coefficient (Wildman–Crippen LogP) is 1.31. The maximum absolute atomic E-state index is 12.0. The van der Waals surface area contributed by atoms with Crippen molar-refractivity contribution >= 4 is 11.9 Å². The van der Waals surface area contributed by atoms with Crippen LogP contribution in [0.15, 0.2) is 23.2 Å². The predicted molar refractivity (Wildman–Crippen MR) is 67.5 cm³/mol. The number of fused-ring (bicyclic) bond motifs is 1. The molecule has 0 saturated heterocycles. The van der Waals surface area contributed by atoms with Gasteiger partial charge in [0.2, 0.25) is 6.79 Å². The number of amides is 1. The standard InChI is InChI=1S/C13H14N2O4/c1-17-13(14-9-3-4-9)15-12(16)8-2-5-10-11(6-8)19-7-18-10/h2,5-6,9H,3-4,7H2,1H3,(H,14,15,16). The third kappa shape index (κ3) is 2.62. The molecule has 0 aromatic heterocycles. The van der Waals surface area contributed by atoms with Crippen LogP contribution in [0.25, 0.3) is 0 Å². The first-order valence-corrected chi connectivity index (χ1v) is 6.09. The number of benzene rings is 1. The monoisotopic (exact) mass is 262 g/mol. The summed E-state index contributed by atoms with van der Waals surface area (Å²) in [4.78, 5) is 16.3. The van der Waals surface area contributed by atoms with Gasteiger partial charge in [-0.2, -0.15) is 0 Å². The van der Waals surface area contributed by atoms with Crippen molar-refractivity contribution in [2.45, 2.75) is 18.9 Å². The molecule has 1 aliphatic carbocycles. The Morgan fingerprint density at radius 1 is 1.37 bits per heavy atom. The molecule has 100 valence electrons. The molecule has 1 amide bonds. The van der Waals surface area contributed by atoms with Crippen molar-refractivity contribution in [1.29, 1.82) is 0 Å². The zero-order valence-corrected chi connectivity index (χ0v) is 10.5. The van der Waals surface area contributed by atoms with Crippen molar-refractivity contribution in [2.75, 3.05) is 13.9 Å². The van der Waals surface area contributed by atoms with Crippen LogP contribution in [0.2, 0.25) is 0 Å². The van der Waals surface area contributed by atoms with Crippen LogP contribution in [0.3, 0.4) is 0 Å². The highest BCUT2D eigenvalue weighted by atomic mass is 16.7. The smallest absolute Gasteiger partial charge is 0.291 e. The van der Waals surface area contributed by atoms with E-state index in [1.807, 2.05) is 0 Å². The summed E-state index contributed by atoms with van der Waals surface area (Å²) in [7, 11) is 1.49. The number of hydrogen-bond donors (Lipinski definition) is 1. The highest BCUT2D eigenvalue weighted by Crippen LogP contribution is 2.32. The Morgan fingerprint density at radius 2 is 2.16 bits per heavy atom. The average Bonchev–Trinajstić information content (AvgIpc) is 3.11. The summed E-state index contributed by atoms with van der Waals surface area (Å²) in [5.74, 6) is 0.945. The molecule has 1 fully saturated rings. The molecule has 0 spiro atoms. The molecule has 6 heteroatoms. The van der Waals surface area contributed by atoms with Gasteiger partial charge in [-0.15, -0.1) is 0 Å². The molecule has 6 nitrogen and oxygen atoms in total. The molecule has 1 aliphatic heterocycles. The molecule has 1 aromatic rings. The normalized spacial score (nSPS) is 17.2. The van der Waals surface area contributed by atoms with Gasteiger partial charge < -0.3 is 14.2 Å². The zero-order valence-electron chi connectivity index (χ0n) is 10.5. The maximum Gasteiger partial charge on any atom is 0.291 e. The Labute approximate surface area is 110 Å². The lowest BCUT2D eigenvalue weighted by Crippen LogP contribution is -2.32. The van der Waals surface area contributed by atoms with E-state index in [1.54, 1.807) is 18.2 Å². The summed E-state index contributed by atoms with van der Waals surface area (Å²) in [5, 5.41) is 2.64. The Balaban J connectivity index is 1.72. The fourth-order valence-corrected chi connectivity index (χ4v) is 1.71. The summed E-state index contributed by atoms with van der Waals surface area (Å²) in [6.45, 7) is 0.187. The number of hydrogen-bond acceptors (Lipinski definition) is 5. The number of carbonyl (C=O) groups excluding carboxylic acids is 1. The number of rotatable bonds is 2. The van der Waals surface area contributed by atoms with Gasteiger partial charge >= 0.3 is 0 Å². The summed E-state index contributed by atoms with van der Waals surface area (Å²) < 4.78 is 15.5. The largest absolute Gasteiger partial charge is 0.468 e. The molecule has 0 radical (unpaired) electrons. The Morgan fingerprint density at radius 3 is 2.89 bits per heavy atom. The van der Waals surface area contributed by atoms with Gasteiger partial charge in [-0.3, -0.25) is 10.1 Å². The van der Waals surface area contributed by atoms with Crippen LogP contribution in [0.4, 0.5) is 0 Å². The van der Waals surface area contributed by atoms with E-state index in [9.17, 15) is 4.79 Å². The minimum absolute atomic E-state index is 0.187. The molecule has 19 heavy (non-hydrogen) atoms. The van der Waals surface area contributed by atoms with Gasteiger partial charge in [0.25, 0.3) is 11.9 Å². The summed E-state index contributed by atoms with van der Waals surface area (Å²) >= 11 is 0. The van der Waals surface area contributed by atoms with E-state index >= 15 is 0 Å². The van der Waals surface area contributed by atoms with Crippen LogP contribution in [0.5, 0.6) is 11.5 Å². The Hall–Kier alpha value is -2.24. The second-order valence-corrected chi connectivity index (χ2v) is 4.39. The fraction of sp³-hybridized carbons (Fsp3) is 0.385. The van der Waals surface area contributed by atoms with Crippen LogP contribution in [0, 0.1) is 0 Å². The van der Waals surface area contributed by atoms with Gasteiger partial charge in [0.1, 0.15) is 0 Å². The van der Waals surface area contributed by atoms with E-state index in [0.717, 1.165) is 12.8 Å². The lowest BCUT2D eigenvalue weighted by atomic mass is 10.2. The quantitative estimate of drug-likeness (QED) is 0.644. The molecule has 1 heterocycles. The SMILES string of the molecule is COC(=NC1CC1)NC(=O)c1ccc2c(c1)OCO2. The van der Waals surface area contributed by atoms with Gasteiger partial charge in [-0.25, -0.2) is 4.99 Å². The first-order valence-electron chi connectivity index (χ1n) is 6.09. The molecular weight excluding hydrogens is 248 g/mol. The van der Waals surface area contributed by atoms with Crippen molar-refractivity contribution in [3.63, 3.8) is 0 Å². The van der Waals surface area contributed by atoms with E-state index < -0.39 is 0 Å². The number of amidine groups is 1. The van der Waals surface area contributed by atoms with E-state index in [-0.39, 0.29) is 24.8 Å². The lowest BCUT2D eigenvalue weighted by molar-refractivity contribution is 0.0968. The zero-order chi connectivity index (χ0) is 13.2. The van der Waals surface area contributed by atoms with Crippen LogP contribution in [-0.2, 0) is 4.74 Å². The second kappa shape index (κ2) is 4.79. The molecule has 0 unspecified atom stereocenters. The van der Waals surface area contributed by atoms with Crippen LogP contribution >= 0.6 is 0 Å². The van der Waals surface area contributed by atoms with Gasteiger partial charge in [0, 0.05) is 5.56 Å². The highest BCUT2D eigenvalue weighted by Gasteiger charge is 2.23. The van der Waals surface area contributed by atoms with Crippen molar-refractivity contribution < 1.29 is 19.0 Å². The van der Waals surface area contributed by atoms with Gasteiger partial charge in [0.05, 0.1) is 13.2 Å². The number of ether oxygens (including phenoxy) is 3. The Kier molecular flexibility index (Phi) is 2.98. The third-order valence-electron chi connectivity index (χ3n) is 2.90. The minimum Gasteiger partial charge on any atom is -0.468 e. The van der Waals surface area contributed by atoms with Crippen LogP contribution in [-0.4, -0.2) is 31.9 Å². The number of nitrogens with one attached hydrogen (secondary N) is 1. The highest BCUT2D eigenvalue weighted by molar-refractivity contribution is 6.04. The van der Waals surface area contributed by atoms with Gasteiger partial charge in [-0.1, -0.05) is 0 Å². The molecule has 1 saturated carbocycles. The second-order valence-electron chi connectivity index (χ2n) is 4.39. The summed E-state index contributed by atoms with van der Waals surface area (Å²) in [6, 6.07) is 5.56. The topological polar surface area (TPSA) is 69.2 Å². The molecule has 0 bridgehead atoms. The van der Waals surface area contributed by atoms with E-state index in [2.05, 4.69) is 10.3 Å². The van der Waals surface area contributed by atoms with Crippen molar-refractivity contribution in [3.8, 4) is 11.5 Å². The molecule has 1 N–H and O–H groups in total. The first kappa shape index (κ1) is 11.8.